The van der Waals surface area contributed by atoms with Crippen molar-refractivity contribution in [3.8, 4) is 0 Å². The molecule has 3 fully saturated rings. The predicted molar refractivity (Wildman–Crippen MR) is 111 cm³/mol. The average molecular weight is 435 g/mol. The van der Waals surface area contributed by atoms with E-state index in [0.29, 0.717) is 19.3 Å². The van der Waals surface area contributed by atoms with Crippen molar-refractivity contribution in [1.29, 1.82) is 0 Å². The van der Waals surface area contributed by atoms with Gasteiger partial charge in [0.2, 0.25) is 0 Å². The number of carboxylic acid groups (broad SMARTS) is 1. The van der Waals surface area contributed by atoms with Gasteiger partial charge >= 0.3 is 5.97 Å². The lowest BCUT2D eigenvalue weighted by atomic mass is 9.45. The minimum Gasteiger partial charge on any atom is -0.481 e. The Morgan fingerprint density at radius 1 is 1.26 bits per heavy atom. The summed E-state index contributed by atoms with van der Waals surface area (Å²) >= 11 is 0. The van der Waals surface area contributed by atoms with E-state index in [4.69, 9.17) is 5.11 Å². The van der Waals surface area contributed by atoms with Gasteiger partial charge in [0.15, 0.2) is 11.6 Å². The number of fused-ring (bicyclic) bond motifs is 5. The lowest BCUT2D eigenvalue weighted by molar-refractivity contribution is -0.191. The maximum absolute atomic E-state index is 13.2. The first-order valence-electron chi connectivity index (χ1n) is 11.4. The first-order valence-corrected chi connectivity index (χ1v) is 11.4. The first kappa shape index (κ1) is 22.6. The molecule has 0 spiro atoms. The molecule has 0 amide bonds. The van der Waals surface area contributed by atoms with Crippen LogP contribution < -0.4 is 0 Å². The van der Waals surface area contributed by atoms with E-state index < -0.39 is 47.3 Å². The van der Waals surface area contributed by atoms with Gasteiger partial charge in [0.25, 0.3) is 0 Å². The van der Waals surface area contributed by atoms with Gasteiger partial charge in [-0.25, -0.2) is 0 Å². The van der Waals surface area contributed by atoms with Crippen LogP contribution in [-0.2, 0) is 14.4 Å². The molecule has 0 heterocycles. The highest BCUT2D eigenvalue weighted by Gasteiger charge is 2.71. The third-order valence-corrected chi connectivity index (χ3v) is 9.52. The molecule has 7 heteroatoms. The highest BCUT2D eigenvalue weighted by molar-refractivity contribution is 5.95. The van der Waals surface area contributed by atoms with Gasteiger partial charge in [0.05, 0.1) is 12.5 Å². The number of aliphatic hydroxyl groups excluding tert-OH is 2. The van der Waals surface area contributed by atoms with Crippen molar-refractivity contribution in [2.24, 2.45) is 34.5 Å². The molecule has 0 aromatic heterocycles. The van der Waals surface area contributed by atoms with E-state index in [1.807, 2.05) is 6.92 Å². The van der Waals surface area contributed by atoms with Crippen molar-refractivity contribution in [3.05, 3.63) is 11.6 Å². The Hall–Kier alpha value is -1.57. The van der Waals surface area contributed by atoms with E-state index in [1.165, 1.54) is 0 Å². The first-order chi connectivity index (χ1) is 14.4. The summed E-state index contributed by atoms with van der Waals surface area (Å²) < 4.78 is 0. The summed E-state index contributed by atoms with van der Waals surface area (Å²) in [5.41, 5.74) is -2.00. The second-order valence-corrected chi connectivity index (χ2v) is 11.0. The van der Waals surface area contributed by atoms with Crippen molar-refractivity contribution in [1.82, 2.24) is 0 Å². The van der Waals surface area contributed by atoms with E-state index in [9.17, 15) is 29.7 Å². The van der Waals surface area contributed by atoms with Crippen LogP contribution in [0.15, 0.2) is 11.6 Å². The molecule has 0 radical (unpaired) electrons. The van der Waals surface area contributed by atoms with Crippen LogP contribution in [0.3, 0.4) is 0 Å². The molecule has 0 aliphatic heterocycles. The van der Waals surface area contributed by atoms with Gasteiger partial charge in [-0.2, -0.15) is 0 Å². The highest BCUT2D eigenvalue weighted by atomic mass is 16.4. The van der Waals surface area contributed by atoms with Crippen LogP contribution in [0.25, 0.3) is 0 Å². The second kappa shape index (κ2) is 7.22. The van der Waals surface area contributed by atoms with Crippen LogP contribution in [0.2, 0.25) is 0 Å². The zero-order valence-electron chi connectivity index (χ0n) is 18.5. The van der Waals surface area contributed by atoms with Gasteiger partial charge in [-0.15, -0.1) is 0 Å². The monoisotopic (exact) mass is 434 g/mol. The maximum atomic E-state index is 13.2. The molecule has 7 nitrogen and oxygen atoms in total. The molecule has 0 aromatic carbocycles. The molecule has 4 N–H and O–H groups in total. The van der Waals surface area contributed by atoms with Gasteiger partial charge in [0, 0.05) is 11.8 Å². The number of Topliss-reactive ketones (excluding diaryl/α,β-unsaturated/α-hetero) is 1. The summed E-state index contributed by atoms with van der Waals surface area (Å²) in [5.74, 6) is -2.45. The Bertz CT molecular complexity index is 849. The SMILES string of the molecule is C[C@@H]1C[C@H]2[C@@H]3CCC4=CC(=O)CC[C@]4(C)[C@H]3[C@H](O)C[C@]2(C)[C@@]1(O)C(=O)C(O)CC(=O)O. The fourth-order valence-corrected chi connectivity index (χ4v) is 8.06. The van der Waals surface area contributed by atoms with Crippen LogP contribution in [0.1, 0.15) is 65.7 Å². The molecule has 172 valence electrons. The van der Waals surface area contributed by atoms with E-state index in [0.717, 1.165) is 18.4 Å². The van der Waals surface area contributed by atoms with E-state index in [1.54, 1.807) is 13.0 Å². The molecule has 0 bridgehead atoms. The Morgan fingerprint density at radius 3 is 2.58 bits per heavy atom. The van der Waals surface area contributed by atoms with Crippen LogP contribution in [-0.4, -0.2) is 55.8 Å². The number of carbonyl (C=O) groups excluding carboxylic acids is 2. The van der Waals surface area contributed by atoms with Crippen LogP contribution in [0.4, 0.5) is 0 Å². The van der Waals surface area contributed by atoms with Crippen molar-refractivity contribution in [3.63, 3.8) is 0 Å². The summed E-state index contributed by atoms with van der Waals surface area (Å²) in [7, 11) is 0. The number of hydrogen-bond donors (Lipinski definition) is 4. The fraction of sp³-hybridized carbons (Fsp3) is 0.792. The van der Waals surface area contributed by atoms with E-state index in [2.05, 4.69) is 6.92 Å². The molecule has 4 rings (SSSR count). The highest BCUT2D eigenvalue weighted by Crippen LogP contribution is 2.68. The number of allylic oxidation sites excluding steroid dienone is 1. The van der Waals surface area contributed by atoms with E-state index in [-0.39, 0.29) is 35.4 Å². The number of ketones is 2. The topological polar surface area (TPSA) is 132 Å². The molecular weight excluding hydrogens is 400 g/mol. The predicted octanol–water partition coefficient (Wildman–Crippen LogP) is 1.87. The molecule has 4 aliphatic rings. The molecule has 9 atom stereocenters. The van der Waals surface area contributed by atoms with Gasteiger partial charge < -0.3 is 20.4 Å². The summed E-state index contributed by atoms with van der Waals surface area (Å²) in [6.07, 6.45) is 2.00. The molecule has 31 heavy (non-hydrogen) atoms. The minimum atomic E-state index is -1.89. The molecule has 3 saturated carbocycles. The molecule has 0 aromatic rings. The Morgan fingerprint density at radius 2 is 1.94 bits per heavy atom. The largest absolute Gasteiger partial charge is 0.481 e. The van der Waals surface area contributed by atoms with Gasteiger partial charge in [-0.3, -0.25) is 14.4 Å². The van der Waals surface area contributed by atoms with Crippen molar-refractivity contribution >= 4 is 17.5 Å². The summed E-state index contributed by atoms with van der Waals surface area (Å²) in [6.45, 7) is 5.75. The van der Waals surface area contributed by atoms with Gasteiger partial charge in [-0.05, 0) is 67.3 Å². The zero-order chi connectivity index (χ0) is 22.9. The third-order valence-electron chi connectivity index (χ3n) is 9.52. The summed E-state index contributed by atoms with van der Waals surface area (Å²) in [5, 5.41) is 42.4. The lowest BCUT2D eigenvalue weighted by Gasteiger charge is -2.60. The van der Waals surface area contributed by atoms with Crippen LogP contribution >= 0.6 is 0 Å². The number of rotatable bonds is 4. The average Bonchev–Trinajstić information content (AvgIpc) is 2.88. The molecular formula is C24H34O7. The standard InChI is InChI=1S/C24H34O7/c1-12-8-16-15-5-4-13-9-14(25)6-7-22(13,2)20(15)18(27)11-23(16,3)24(12,31)21(30)17(26)10-19(28)29/h9,12,15-18,20,26-27,31H,4-8,10-11H2,1-3H3,(H,28,29)/t12-,15+,16+,17?,18-,20-,22+,23+,24+/m1/s1. The van der Waals surface area contributed by atoms with Crippen molar-refractivity contribution in [2.75, 3.05) is 0 Å². The van der Waals surface area contributed by atoms with E-state index >= 15 is 0 Å². The number of hydrogen-bond acceptors (Lipinski definition) is 6. The van der Waals surface area contributed by atoms with Crippen LogP contribution in [0, 0.1) is 34.5 Å². The normalized spacial score (nSPS) is 47.6. The van der Waals surface area contributed by atoms with Gasteiger partial charge in [-0.1, -0.05) is 26.3 Å². The molecule has 1 unspecified atom stereocenters. The lowest BCUT2D eigenvalue weighted by Crippen LogP contribution is -2.64. The maximum Gasteiger partial charge on any atom is 0.306 e. The summed E-state index contributed by atoms with van der Waals surface area (Å²) in [4.78, 5) is 36.2. The van der Waals surface area contributed by atoms with Crippen LogP contribution in [0.5, 0.6) is 0 Å². The molecule has 0 saturated heterocycles. The minimum absolute atomic E-state index is 0.0297. The number of aliphatic hydroxyl groups is 3. The van der Waals surface area contributed by atoms with Crippen molar-refractivity contribution in [2.45, 2.75) is 83.5 Å². The second-order valence-electron chi connectivity index (χ2n) is 11.0. The van der Waals surface area contributed by atoms with Crippen molar-refractivity contribution < 1.29 is 34.8 Å². The third kappa shape index (κ3) is 3.00. The number of carbonyl (C=O) groups is 3. The van der Waals surface area contributed by atoms with Gasteiger partial charge in [0.1, 0.15) is 11.7 Å². The Labute approximate surface area is 182 Å². The number of carboxylic acids is 1. The fourth-order valence-electron chi connectivity index (χ4n) is 8.06. The molecule has 4 aliphatic carbocycles. The zero-order valence-corrected chi connectivity index (χ0v) is 18.5. The summed E-state index contributed by atoms with van der Waals surface area (Å²) in [6, 6.07) is 0. The quantitative estimate of drug-likeness (QED) is 0.531. The number of aliphatic carboxylic acids is 1. The Kier molecular flexibility index (Phi) is 5.27. The smallest absolute Gasteiger partial charge is 0.306 e. The Balaban J connectivity index is 1.71.